The van der Waals surface area contributed by atoms with E-state index in [1.54, 1.807) is 12.3 Å². The summed E-state index contributed by atoms with van der Waals surface area (Å²) in [6.07, 6.45) is 4.90. The van der Waals surface area contributed by atoms with Crippen LogP contribution < -0.4 is 4.74 Å². The first-order valence-electron chi connectivity index (χ1n) is 3.01. The minimum absolute atomic E-state index is 0.527. The van der Waals surface area contributed by atoms with Gasteiger partial charge in [-0.2, -0.15) is 4.98 Å². The highest BCUT2D eigenvalue weighted by Crippen LogP contribution is 2.11. The van der Waals surface area contributed by atoms with Gasteiger partial charge in [-0.1, -0.05) is 18.3 Å². The molecular weight excluding hydrogens is 160 g/mol. The number of hydrogen-bond acceptors (Lipinski definition) is 4. The van der Waals surface area contributed by atoms with Crippen molar-refractivity contribution >= 4 is 11.8 Å². The third-order valence-electron chi connectivity index (χ3n) is 0.995. The Hall–Kier alpha value is -1.03. The van der Waals surface area contributed by atoms with E-state index in [0.29, 0.717) is 11.0 Å². The summed E-state index contributed by atoms with van der Waals surface area (Å²) < 4.78 is 4.95. The standard InChI is InChI=1S/C7H8N2OS/c1-3-10-6-4-5-8-7(9-6)11-2/h3-5H,1H2,2H3. The highest BCUT2D eigenvalue weighted by Gasteiger charge is 1.95. The van der Waals surface area contributed by atoms with Gasteiger partial charge in [0.2, 0.25) is 5.88 Å². The monoisotopic (exact) mass is 168 g/mol. The van der Waals surface area contributed by atoms with Crippen LogP contribution >= 0.6 is 11.8 Å². The van der Waals surface area contributed by atoms with Gasteiger partial charge in [0.1, 0.15) is 0 Å². The van der Waals surface area contributed by atoms with E-state index >= 15 is 0 Å². The molecule has 4 heteroatoms. The first-order valence-corrected chi connectivity index (χ1v) is 4.24. The lowest BCUT2D eigenvalue weighted by atomic mass is 10.6. The third kappa shape index (κ3) is 2.23. The van der Waals surface area contributed by atoms with E-state index in [4.69, 9.17) is 4.74 Å². The van der Waals surface area contributed by atoms with E-state index in [2.05, 4.69) is 16.5 Å². The number of rotatable bonds is 3. The van der Waals surface area contributed by atoms with Crippen LogP contribution in [0.25, 0.3) is 0 Å². The molecule has 0 N–H and O–H groups in total. The van der Waals surface area contributed by atoms with E-state index in [9.17, 15) is 0 Å². The molecule has 0 unspecified atom stereocenters. The van der Waals surface area contributed by atoms with Gasteiger partial charge in [0, 0.05) is 12.3 Å². The van der Waals surface area contributed by atoms with Crippen molar-refractivity contribution in [3.63, 3.8) is 0 Å². The van der Waals surface area contributed by atoms with Crippen LogP contribution in [-0.2, 0) is 0 Å². The molecule has 1 aromatic heterocycles. The van der Waals surface area contributed by atoms with Crippen LogP contribution in [0.4, 0.5) is 0 Å². The first-order chi connectivity index (χ1) is 5.36. The van der Waals surface area contributed by atoms with Crippen LogP contribution in [0.2, 0.25) is 0 Å². The van der Waals surface area contributed by atoms with E-state index in [1.807, 2.05) is 6.26 Å². The maximum absolute atomic E-state index is 4.95. The molecule has 0 amide bonds. The molecular formula is C7H8N2OS. The Labute approximate surface area is 69.5 Å². The van der Waals surface area contributed by atoms with E-state index < -0.39 is 0 Å². The van der Waals surface area contributed by atoms with Crippen LogP contribution in [0, 0.1) is 0 Å². The lowest BCUT2D eigenvalue weighted by Crippen LogP contribution is -1.89. The summed E-state index contributed by atoms with van der Waals surface area (Å²) >= 11 is 1.47. The first kappa shape index (κ1) is 8.07. The molecule has 0 spiro atoms. The highest BCUT2D eigenvalue weighted by molar-refractivity contribution is 7.98. The molecule has 1 aromatic rings. The second-order valence-corrected chi connectivity index (χ2v) is 2.44. The highest BCUT2D eigenvalue weighted by atomic mass is 32.2. The zero-order chi connectivity index (χ0) is 8.10. The van der Waals surface area contributed by atoms with Crippen molar-refractivity contribution < 1.29 is 4.74 Å². The quantitative estimate of drug-likeness (QED) is 0.391. The van der Waals surface area contributed by atoms with E-state index in [1.165, 1.54) is 18.0 Å². The van der Waals surface area contributed by atoms with Gasteiger partial charge in [-0.25, -0.2) is 4.98 Å². The van der Waals surface area contributed by atoms with Crippen molar-refractivity contribution in [2.45, 2.75) is 5.16 Å². The maximum atomic E-state index is 4.95. The fourth-order valence-electron chi connectivity index (χ4n) is 0.575. The molecule has 0 atom stereocenters. The third-order valence-corrected chi connectivity index (χ3v) is 1.56. The van der Waals surface area contributed by atoms with Gasteiger partial charge in [-0.15, -0.1) is 0 Å². The van der Waals surface area contributed by atoms with Gasteiger partial charge in [0.25, 0.3) is 0 Å². The van der Waals surface area contributed by atoms with Crippen LogP contribution in [0.3, 0.4) is 0 Å². The second kappa shape index (κ2) is 3.98. The lowest BCUT2D eigenvalue weighted by Gasteiger charge is -1.98. The molecule has 0 radical (unpaired) electrons. The van der Waals surface area contributed by atoms with Crippen LogP contribution in [0.5, 0.6) is 5.88 Å². The van der Waals surface area contributed by atoms with Gasteiger partial charge in [0.05, 0.1) is 6.26 Å². The van der Waals surface area contributed by atoms with Crippen molar-refractivity contribution in [3.05, 3.63) is 25.1 Å². The normalized spacial score (nSPS) is 9.18. The van der Waals surface area contributed by atoms with Crippen molar-refractivity contribution in [1.29, 1.82) is 0 Å². The molecule has 0 aliphatic rings. The number of hydrogen-bond donors (Lipinski definition) is 0. The molecule has 0 fully saturated rings. The van der Waals surface area contributed by atoms with E-state index in [0.717, 1.165) is 0 Å². The Kier molecular flexibility index (Phi) is 2.92. The number of ether oxygens (including phenoxy) is 1. The Morgan fingerprint density at radius 2 is 2.55 bits per heavy atom. The zero-order valence-electron chi connectivity index (χ0n) is 6.15. The topological polar surface area (TPSA) is 35.0 Å². The minimum atomic E-state index is 0.527. The van der Waals surface area contributed by atoms with Crippen LogP contribution in [0.1, 0.15) is 0 Å². The summed E-state index contributed by atoms with van der Waals surface area (Å²) in [7, 11) is 0. The zero-order valence-corrected chi connectivity index (χ0v) is 6.97. The van der Waals surface area contributed by atoms with Crippen molar-refractivity contribution in [2.24, 2.45) is 0 Å². The SMILES string of the molecule is C=COc1ccnc(SC)n1. The van der Waals surface area contributed by atoms with Gasteiger partial charge in [0.15, 0.2) is 5.16 Å². The molecule has 1 rings (SSSR count). The molecule has 0 saturated carbocycles. The number of thioether (sulfide) groups is 1. The second-order valence-electron chi connectivity index (χ2n) is 1.67. The van der Waals surface area contributed by atoms with Crippen molar-refractivity contribution in [3.8, 4) is 5.88 Å². The molecule has 58 valence electrons. The molecule has 0 aliphatic heterocycles. The Balaban J connectivity index is 2.82. The summed E-state index contributed by atoms with van der Waals surface area (Å²) in [5.74, 6) is 0.527. The smallest absolute Gasteiger partial charge is 0.222 e. The van der Waals surface area contributed by atoms with Crippen molar-refractivity contribution in [1.82, 2.24) is 9.97 Å². The van der Waals surface area contributed by atoms with E-state index in [-0.39, 0.29) is 0 Å². The van der Waals surface area contributed by atoms with Gasteiger partial charge < -0.3 is 4.74 Å². The van der Waals surface area contributed by atoms with Gasteiger partial charge >= 0.3 is 0 Å². The summed E-state index contributed by atoms with van der Waals surface area (Å²) in [6, 6.07) is 1.68. The maximum Gasteiger partial charge on any atom is 0.222 e. The Morgan fingerprint density at radius 1 is 1.73 bits per heavy atom. The summed E-state index contributed by atoms with van der Waals surface area (Å²) in [5.41, 5.74) is 0. The predicted molar refractivity (Wildman–Crippen MR) is 44.6 cm³/mol. The summed E-state index contributed by atoms with van der Waals surface area (Å²) in [5, 5.41) is 0.698. The van der Waals surface area contributed by atoms with Gasteiger partial charge in [-0.3, -0.25) is 0 Å². The summed E-state index contributed by atoms with van der Waals surface area (Å²) in [4.78, 5) is 8.02. The van der Waals surface area contributed by atoms with Crippen molar-refractivity contribution in [2.75, 3.05) is 6.26 Å². The predicted octanol–water partition coefficient (Wildman–Crippen LogP) is 1.72. The molecule has 0 saturated heterocycles. The molecule has 3 nitrogen and oxygen atoms in total. The van der Waals surface area contributed by atoms with Crippen LogP contribution in [0.15, 0.2) is 30.3 Å². The average Bonchev–Trinajstić information content (AvgIpc) is 2.06. The minimum Gasteiger partial charge on any atom is -0.447 e. The Morgan fingerprint density at radius 3 is 3.18 bits per heavy atom. The molecule has 1 heterocycles. The fraction of sp³-hybridized carbons (Fsp3) is 0.143. The van der Waals surface area contributed by atoms with Gasteiger partial charge in [-0.05, 0) is 6.26 Å². The largest absolute Gasteiger partial charge is 0.447 e. The fourth-order valence-corrected chi connectivity index (χ4v) is 0.922. The Bertz CT molecular complexity index is 252. The average molecular weight is 168 g/mol. The molecule has 11 heavy (non-hydrogen) atoms. The van der Waals surface area contributed by atoms with Crippen LogP contribution in [-0.4, -0.2) is 16.2 Å². The summed E-state index contributed by atoms with van der Waals surface area (Å²) in [6.45, 7) is 3.42. The number of aromatic nitrogens is 2. The molecule has 0 bridgehead atoms. The lowest BCUT2D eigenvalue weighted by molar-refractivity contribution is 0.456. The number of nitrogens with zero attached hydrogens (tertiary/aromatic N) is 2. The molecule has 0 aromatic carbocycles. The molecule has 0 aliphatic carbocycles.